The van der Waals surface area contributed by atoms with Crippen molar-refractivity contribution in [3.8, 4) is 0 Å². The molecule has 0 fully saturated rings. The van der Waals surface area contributed by atoms with Gasteiger partial charge in [0.2, 0.25) is 0 Å². The molecule has 0 spiro atoms. The van der Waals surface area contributed by atoms with Gasteiger partial charge in [0, 0.05) is 13.8 Å². The third kappa shape index (κ3) is 9.31. The summed E-state index contributed by atoms with van der Waals surface area (Å²) in [5, 5.41) is 0. The van der Waals surface area contributed by atoms with E-state index < -0.39 is 0 Å². The minimum Gasteiger partial charge on any atom is -0.316 e. The van der Waals surface area contributed by atoms with E-state index >= 15 is 0 Å². The van der Waals surface area contributed by atoms with Gasteiger partial charge < -0.3 is 9.59 Å². The Morgan fingerprint density at radius 3 is 1.38 bits per heavy atom. The average Bonchev–Trinajstić information content (AvgIpc) is 1.27. The second-order valence-electron chi connectivity index (χ2n) is 1.43. The van der Waals surface area contributed by atoms with Crippen LogP contribution in [-0.4, -0.2) is 21.2 Å². The van der Waals surface area contributed by atoms with E-state index in [4.69, 9.17) is 9.59 Å². The molecule has 0 saturated carbocycles. The summed E-state index contributed by atoms with van der Waals surface area (Å²) in [7, 11) is 0. The van der Waals surface area contributed by atoms with Crippen molar-refractivity contribution >= 4 is 11.6 Å². The Balaban J connectivity index is 0. The quantitative estimate of drug-likeness (QED) is 0.400. The maximum absolute atomic E-state index is 8.40. The van der Waals surface area contributed by atoms with Crippen molar-refractivity contribution in [2.75, 3.05) is 0 Å². The summed E-state index contributed by atoms with van der Waals surface area (Å²) in [6, 6.07) is 0. The van der Waals surface area contributed by atoms with Crippen molar-refractivity contribution in [2.24, 2.45) is 0 Å². The third-order valence-electron chi connectivity index (χ3n) is 0.418. The first-order chi connectivity index (χ1) is 3.13. The van der Waals surface area contributed by atoms with Crippen LogP contribution in [0.4, 0.5) is 0 Å². The van der Waals surface area contributed by atoms with Gasteiger partial charge in [-0.2, -0.15) is 6.42 Å². The van der Waals surface area contributed by atoms with Crippen LogP contribution in [-0.2, 0) is 21.1 Å². The maximum atomic E-state index is 8.40. The van der Waals surface area contributed by atoms with Gasteiger partial charge in [-0.15, -0.1) is 0 Å². The number of hydrogen-bond donors (Lipinski definition) is 0. The van der Waals surface area contributed by atoms with E-state index in [-0.39, 0.29) is 32.6 Å². The second-order valence-corrected chi connectivity index (χ2v) is 1.43. The molecular formula is C5H9O2Pt+3. The minimum absolute atomic E-state index is 0. The molecule has 0 aromatic rings. The Hall–Kier alpha value is -0.102. The molecule has 0 saturated heterocycles. The Labute approximate surface area is 62.9 Å². The topological polar surface area (TPSA) is 42.8 Å². The summed E-state index contributed by atoms with van der Waals surface area (Å²) in [5.74, 6) is 0.250. The van der Waals surface area contributed by atoms with Crippen LogP contribution in [0.5, 0.6) is 0 Å². The van der Waals surface area contributed by atoms with Gasteiger partial charge in [0.15, 0.2) is 11.6 Å². The minimum atomic E-state index is 0. The van der Waals surface area contributed by atoms with E-state index in [1.165, 1.54) is 20.3 Å². The number of ketones is 2. The van der Waals surface area contributed by atoms with Gasteiger partial charge in [-0.1, -0.05) is 0 Å². The van der Waals surface area contributed by atoms with Crippen LogP contribution in [0.25, 0.3) is 0 Å². The molecule has 0 aliphatic heterocycles. The van der Waals surface area contributed by atoms with Crippen LogP contribution in [0.15, 0.2) is 0 Å². The summed E-state index contributed by atoms with van der Waals surface area (Å²) in [6.07, 6.45) is 1.28. The van der Waals surface area contributed by atoms with Crippen LogP contribution < -0.4 is 0 Å². The van der Waals surface area contributed by atoms with Gasteiger partial charge in [0.1, 0.15) is 0 Å². The predicted octanol–water partition coefficient (Wildman–Crippen LogP) is 0.318. The number of carbonyl (C=O) groups excluding carboxylic acids is 2. The molecule has 0 aromatic heterocycles. The fraction of sp³-hybridized carbons (Fsp3) is 0.400. The molecule has 3 heteroatoms. The normalized spacial score (nSPS) is 6.75. The first-order valence-electron chi connectivity index (χ1n) is 2.02. The van der Waals surface area contributed by atoms with Crippen molar-refractivity contribution in [3.05, 3.63) is 6.42 Å². The largest absolute Gasteiger partial charge is 2.00 e. The van der Waals surface area contributed by atoms with Crippen molar-refractivity contribution in [3.63, 3.8) is 0 Å². The van der Waals surface area contributed by atoms with E-state index in [1.807, 2.05) is 0 Å². The van der Waals surface area contributed by atoms with Gasteiger partial charge in [-0.05, 0) is 0 Å². The molecule has 0 aromatic carbocycles. The smallest absolute Gasteiger partial charge is 0.316 e. The van der Waals surface area contributed by atoms with Crippen molar-refractivity contribution in [1.82, 2.24) is 0 Å². The van der Waals surface area contributed by atoms with Gasteiger partial charge in [-0.3, -0.25) is 0 Å². The molecule has 0 aliphatic carbocycles. The van der Waals surface area contributed by atoms with Crippen molar-refractivity contribution in [2.45, 2.75) is 13.8 Å². The predicted molar refractivity (Wildman–Crippen MR) is 29.5 cm³/mol. The Morgan fingerprint density at radius 1 is 1.12 bits per heavy atom. The zero-order chi connectivity index (χ0) is 5.86. The van der Waals surface area contributed by atoms with E-state index in [1.54, 1.807) is 0 Å². The molecule has 0 bridgehead atoms. The molecule has 8 heavy (non-hydrogen) atoms. The molecule has 2 nitrogen and oxygen atoms in total. The Bertz CT molecular complexity index is 86.6. The molecule has 2 N–H and O–H groups in total. The fourth-order valence-electron chi connectivity index (χ4n) is 0.302. The molecule has 48 valence electrons. The second kappa shape index (κ2) is 5.04. The molecular weight excluding hydrogens is 287 g/mol. The molecule has 0 unspecified atom stereocenters. The van der Waals surface area contributed by atoms with Gasteiger partial charge in [0.25, 0.3) is 0 Å². The first kappa shape index (κ1) is 10.8. The molecule has 0 aliphatic rings. The zero-order valence-electron chi connectivity index (χ0n) is 4.79. The van der Waals surface area contributed by atoms with E-state index in [0.717, 1.165) is 0 Å². The summed E-state index contributed by atoms with van der Waals surface area (Å²) in [5.41, 5.74) is 0. The van der Waals surface area contributed by atoms with E-state index in [0.29, 0.717) is 0 Å². The van der Waals surface area contributed by atoms with Crippen LogP contribution >= 0.6 is 0 Å². The Kier molecular flexibility index (Phi) is 6.81. The molecule has 0 radical (unpaired) electrons. The van der Waals surface area contributed by atoms with Gasteiger partial charge >= 0.3 is 21.1 Å². The Morgan fingerprint density at radius 2 is 1.38 bits per heavy atom. The molecule has 0 atom stereocenters. The molecule has 0 heterocycles. The van der Waals surface area contributed by atoms with Crippen LogP contribution in [0.2, 0.25) is 0 Å². The van der Waals surface area contributed by atoms with E-state index in [9.17, 15) is 0 Å². The standard InChI is InChI=1S/C5H7O2.Pt/c1-4(6)3-5(2)7;/h3H,1-2H3;/q-1;+2/p+2. The van der Waals surface area contributed by atoms with Crippen LogP contribution in [0, 0.1) is 6.42 Å². The molecule has 0 rings (SSSR count). The average molecular weight is 296 g/mol. The molecule has 0 amide bonds. The van der Waals surface area contributed by atoms with Crippen molar-refractivity contribution < 1.29 is 30.7 Å². The van der Waals surface area contributed by atoms with E-state index in [2.05, 4.69) is 0 Å². The number of hydrogen-bond acceptors (Lipinski definition) is 0. The zero-order valence-corrected chi connectivity index (χ0v) is 7.06. The van der Waals surface area contributed by atoms with Gasteiger partial charge in [-0.25, -0.2) is 0 Å². The van der Waals surface area contributed by atoms with Crippen LogP contribution in [0.1, 0.15) is 13.8 Å². The summed E-state index contributed by atoms with van der Waals surface area (Å²) in [4.78, 5) is 16.8. The van der Waals surface area contributed by atoms with Crippen LogP contribution in [0.3, 0.4) is 0 Å². The first-order valence-corrected chi connectivity index (χ1v) is 2.02. The third-order valence-corrected chi connectivity index (χ3v) is 0.418. The number of rotatable bonds is 2. The van der Waals surface area contributed by atoms with Gasteiger partial charge in [0.05, 0.1) is 0 Å². The fourth-order valence-corrected chi connectivity index (χ4v) is 0.302. The SMILES string of the molecule is CC(=[OH+])[CH-]C(C)=[OH+].[Pt+2]. The summed E-state index contributed by atoms with van der Waals surface area (Å²) < 4.78 is 0. The summed E-state index contributed by atoms with van der Waals surface area (Å²) in [6.45, 7) is 3.00. The maximum Gasteiger partial charge on any atom is 2.00 e. The summed E-state index contributed by atoms with van der Waals surface area (Å²) >= 11 is 0. The monoisotopic (exact) mass is 296 g/mol. The van der Waals surface area contributed by atoms with Crippen molar-refractivity contribution in [1.29, 1.82) is 0 Å².